The fourth-order valence-corrected chi connectivity index (χ4v) is 6.41. The second-order valence-electron chi connectivity index (χ2n) is 8.70. The van der Waals surface area contributed by atoms with Gasteiger partial charge in [0, 0.05) is 37.6 Å². The molecule has 0 radical (unpaired) electrons. The zero-order valence-electron chi connectivity index (χ0n) is 20.3. The Morgan fingerprint density at radius 2 is 1.95 bits per heavy atom. The monoisotopic (exact) mass is 588 g/mol. The minimum Gasteiger partial charge on any atom is -0.369 e. The van der Waals surface area contributed by atoms with Crippen molar-refractivity contribution in [3.05, 3.63) is 70.0 Å². The number of carbonyl (C=O) groups excluding carboxylic acids is 1. The number of benzene rings is 2. The van der Waals surface area contributed by atoms with Gasteiger partial charge >= 0.3 is 12.1 Å². The van der Waals surface area contributed by atoms with Crippen molar-refractivity contribution in [2.75, 3.05) is 29.5 Å². The van der Waals surface area contributed by atoms with E-state index >= 15 is 0 Å². The lowest BCUT2D eigenvalue weighted by Crippen LogP contribution is -2.39. The molecule has 1 fully saturated rings. The highest BCUT2D eigenvalue weighted by molar-refractivity contribution is 7.92. The molecule has 1 saturated heterocycles. The molecule has 2 aromatic carbocycles. The molecule has 0 bridgehead atoms. The number of hydrogen-bond acceptors (Lipinski definition) is 8. The van der Waals surface area contributed by atoms with E-state index in [9.17, 15) is 26.4 Å². The molecule has 1 aliphatic rings. The summed E-state index contributed by atoms with van der Waals surface area (Å²) in [5.41, 5.74) is 2.95. The highest BCUT2D eigenvalue weighted by Gasteiger charge is 2.45. The molecule has 0 spiro atoms. The normalized spacial score (nSPS) is 17.3. The predicted octanol–water partition coefficient (Wildman–Crippen LogP) is 5.28. The molecule has 0 unspecified atom stereocenters. The van der Waals surface area contributed by atoms with Crippen LogP contribution in [0.4, 0.5) is 24.7 Å². The number of likely N-dealkylation sites (N-methyl/N-ethyl adjacent to an activating group) is 1. The first-order chi connectivity index (χ1) is 17.9. The molecule has 4 rings (SSSR count). The topological polar surface area (TPSA) is 83.0 Å². The van der Waals surface area contributed by atoms with Gasteiger partial charge in [-0.05, 0) is 37.1 Å². The van der Waals surface area contributed by atoms with Crippen LogP contribution in [0.3, 0.4) is 0 Å². The van der Waals surface area contributed by atoms with Crippen molar-refractivity contribution in [2.45, 2.75) is 36.5 Å². The number of rotatable bonds is 8. The molecule has 3 aromatic rings. The molecule has 38 heavy (non-hydrogen) atoms. The first-order valence-corrected chi connectivity index (χ1v) is 14.2. The van der Waals surface area contributed by atoms with Crippen LogP contribution in [0.15, 0.2) is 64.3 Å². The zero-order valence-corrected chi connectivity index (χ0v) is 22.7. The number of sulfonamides is 1. The van der Waals surface area contributed by atoms with Gasteiger partial charge in [0.2, 0.25) is 0 Å². The van der Waals surface area contributed by atoms with Gasteiger partial charge in [-0.3, -0.25) is 4.90 Å². The third kappa shape index (κ3) is 5.90. The van der Waals surface area contributed by atoms with Crippen LogP contribution in [0.2, 0.25) is 5.02 Å². The Morgan fingerprint density at radius 3 is 2.55 bits per heavy atom. The van der Waals surface area contributed by atoms with E-state index in [0.29, 0.717) is 5.69 Å². The van der Waals surface area contributed by atoms with Crippen molar-refractivity contribution in [1.29, 1.82) is 0 Å². The highest BCUT2D eigenvalue weighted by Crippen LogP contribution is 2.35. The summed E-state index contributed by atoms with van der Waals surface area (Å²) in [7, 11) is -2.94. The zero-order chi connectivity index (χ0) is 27.7. The van der Waals surface area contributed by atoms with E-state index in [2.05, 4.69) is 33.8 Å². The van der Waals surface area contributed by atoms with E-state index in [4.69, 9.17) is 11.6 Å². The van der Waals surface area contributed by atoms with E-state index in [1.807, 2.05) is 30.1 Å². The number of halogens is 4. The largest absolute Gasteiger partial charge is 0.493 e. The molecule has 1 aliphatic heterocycles. The Labute approximate surface area is 227 Å². The maximum absolute atomic E-state index is 13.2. The van der Waals surface area contributed by atoms with E-state index in [1.54, 1.807) is 0 Å². The molecule has 8 nitrogen and oxygen atoms in total. The predicted molar refractivity (Wildman–Crippen MR) is 139 cm³/mol. The number of aromatic nitrogens is 1. The molecule has 1 aromatic heterocycles. The minimum atomic E-state index is -5.42. The number of hydrogen-bond donors (Lipinski definition) is 0. The quantitative estimate of drug-likeness (QED) is 0.331. The average Bonchev–Trinajstić information content (AvgIpc) is 3.59. The third-order valence-electron chi connectivity index (χ3n) is 6.39. The maximum Gasteiger partial charge on any atom is 0.493 e. The van der Waals surface area contributed by atoms with Crippen molar-refractivity contribution in [3.63, 3.8) is 0 Å². The van der Waals surface area contributed by atoms with Crippen LogP contribution in [0.1, 0.15) is 24.9 Å². The summed E-state index contributed by atoms with van der Waals surface area (Å²) in [5, 5.41) is 1.20. The molecule has 2 atom stereocenters. The third-order valence-corrected chi connectivity index (χ3v) is 8.82. The van der Waals surface area contributed by atoms with Crippen molar-refractivity contribution in [2.24, 2.45) is 0 Å². The molecule has 0 amide bonds. The number of thiazole rings is 1. The highest BCUT2D eigenvalue weighted by atomic mass is 35.5. The van der Waals surface area contributed by atoms with Gasteiger partial charge in [0.05, 0.1) is 21.1 Å². The number of likely N-dealkylation sites (tertiary alicyclic amines) is 1. The Balaban J connectivity index is 1.54. The SMILES string of the molecule is C[C@H](c1ccccc1)N1CC[C@H](N(C)c2ccc(S(=O)(=O)N(OC(=O)C(F)(F)F)c3cscn3)cc2Cl)C1. The Kier molecular flexibility index (Phi) is 8.21. The van der Waals surface area contributed by atoms with Crippen LogP contribution >= 0.6 is 22.9 Å². The van der Waals surface area contributed by atoms with Gasteiger partial charge in [-0.1, -0.05) is 46.4 Å². The number of nitrogens with zero attached hydrogens (tertiary/aromatic N) is 4. The summed E-state index contributed by atoms with van der Waals surface area (Å²) in [5.74, 6) is -3.20. The summed E-state index contributed by atoms with van der Waals surface area (Å²) in [6.07, 6.45) is -4.56. The average molecular weight is 589 g/mol. The number of anilines is 2. The Bertz CT molecular complexity index is 1380. The van der Waals surface area contributed by atoms with Crippen molar-refractivity contribution in [1.82, 2.24) is 9.88 Å². The van der Waals surface area contributed by atoms with Crippen LogP contribution in [-0.2, 0) is 19.7 Å². The number of alkyl halides is 3. The lowest BCUT2D eigenvalue weighted by Gasteiger charge is -2.30. The summed E-state index contributed by atoms with van der Waals surface area (Å²) in [6.45, 7) is 3.76. The number of carbonyl (C=O) groups is 1. The van der Waals surface area contributed by atoms with Crippen molar-refractivity contribution < 1.29 is 31.2 Å². The van der Waals surface area contributed by atoms with Gasteiger partial charge in [0.25, 0.3) is 10.0 Å². The first kappa shape index (κ1) is 28.1. The van der Waals surface area contributed by atoms with Gasteiger partial charge < -0.3 is 9.74 Å². The second-order valence-corrected chi connectivity index (χ2v) is 11.6. The van der Waals surface area contributed by atoms with Gasteiger partial charge in [-0.2, -0.15) is 21.6 Å². The van der Waals surface area contributed by atoms with Crippen LogP contribution in [0.5, 0.6) is 0 Å². The molecule has 0 N–H and O–H groups in total. The lowest BCUT2D eigenvalue weighted by molar-refractivity contribution is -0.199. The molecule has 0 aliphatic carbocycles. The van der Waals surface area contributed by atoms with Gasteiger partial charge in [-0.15, -0.1) is 11.3 Å². The van der Waals surface area contributed by atoms with Gasteiger partial charge in [-0.25, -0.2) is 9.78 Å². The van der Waals surface area contributed by atoms with Crippen LogP contribution in [0, 0.1) is 0 Å². The van der Waals surface area contributed by atoms with E-state index in [-0.39, 0.29) is 21.6 Å². The lowest BCUT2D eigenvalue weighted by atomic mass is 10.1. The fourth-order valence-electron chi connectivity index (χ4n) is 4.25. The maximum atomic E-state index is 13.2. The molecule has 2 heterocycles. The molecule has 0 saturated carbocycles. The van der Waals surface area contributed by atoms with E-state index in [1.165, 1.54) is 23.2 Å². The van der Waals surface area contributed by atoms with Crippen LogP contribution in [-0.4, -0.2) is 56.6 Å². The van der Waals surface area contributed by atoms with Crippen LogP contribution in [0.25, 0.3) is 0 Å². The van der Waals surface area contributed by atoms with E-state index < -0.39 is 32.9 Å². The molecule has 14 heteroatoms. The molecular formula is C24H24ClF3N4O4S2. The summed E-state index contributed by atoms with van der Waals surface area (Å²) < 4.78 is 64.7. The Hall–Kier alpha value is -2.87. The van der Waals surface area contributed by atoms with Gasteiger partial charge in [0.1, 0.15) is 0 Å². The van der Waals surface area contributed by atoms with E-state index in [0.717, 1.165) is 42.3 Å². The molecule has 204 valence electrons. The molecular weight excluding hydrogens is 565 g/mol. The van der Waals surface area contributed by atoms with Crippen molar-refractivity contribution >= 4 is 50.4 Å². The van der Waals surface area contributed by atoms with Crippen LogP contribution < -0.4 is 9.37 Å². The first-order valence-electron chi connectivity index (χ1n) is 11.4. The van der Waals surface area contributed by atoms with Crippen molar-refractivity contribution in [3.8, 4) is 0 Å². The summed E-state index contributed by atoms with van der Waals surface area (Å²) in [6, 6.07) is 14.2. The standard InChI is InChI=1S/C24H24ClF3N4O4S2/c1-16(17-6-4-3-5-7-17)31-11-10-18(13-31)30(2)21-9-8-19(12-20(21)25)38(34,35)32(22-14-37-15-29-22)36-23(33)24(26,27)28/h3-9,12,14-16,18H,10-11,13H2,1-2H3/t16-,18+/m1/s1. The summed E-state index contributed by atoms with van der Waals surface area (Å²) >= 11 is 7.38. The smallest absolute Gasteiger partial charge is 0.369 e. The summed E-state index contributed by atoms with van der Waals surface area (Å²) in [4.78, 5) is 23.2. The Morgan fingerprint density at radius 1 is 1.24 bits per heavy atom. The fraction of sp³-hybridized carbons (Fsp3) is 0.333. The second kappa shape index (κ2) is 11.1. The van der Waals surface area contributed by atoms with Gasteiger partial charge in [0.15, 0.2) is 5.82 Å². The minimum absolute atomic E-state index is 0.0727.